The minimum atomic E-state index is -0.237. The first-order valence-electron chi connectivity index (χ1n) is 10.7. The Balaban J connectivity index is 1.71. The summed E-state index contributed by atoms with van der Waals surface area (Å²) in [5.41, 5.74) is 2.71. The number of carbonyl (C=O) groups excluding carboxylic acids is 1. The standard InChI is InChI=1S/C25H30FN3OS/c1-3-4-5-15-29(25(30)27-22-11-13-24(31-2)14-12-22)19-23-10-7-16-28(23)18-20-8-6-9-21(26)17-20/h6-14,16-17H,3-5,15,18-19H2,1-2H3,(H,27,30). The highest BCUT2D eigenvalue weighted by molar-refractivity contribution is 7.98. The molecular formula is C25H30FN3OS. The molecule has 0 aliphatic heterocycles. The van der Waals surface area contributed by atoms with Crippen molar-refractivity contribution >= 4 is 23.5 Å². The molecular weight excluding hydrogens is 409 g/mol. The van der Waals surface area contributed by atoms with Gasteiger partial charge in [0, 0.05) is 35.6 Å². The molecule has 0 atom stereocenters. The first-order chi connectivity index (χ1) is 15.1. The lowest BCUT2D eigenvalue weighted by molar-refractivity contribution is 0.206. The average molecular weight is 440 g/mol. The van der Waals surface area contributed by atoms with Crippen LogP contribution in [0, 0.1) is 5.82 Å². The Morgan fingerprint density at radius 2 is 1.90 bits per heavy atom. The monoisotopic (exact) mass is 439 g/mol. The lowest BCUT2D eigenvalue weighted by atomic mass is 10.2. The molecule has 164 valence electrons. The fourth-order valence-electron chi connectivity index (χ4n) is 3.46. The number of urea groups is 1. The molecule has 0 fully saturated rings. The highest BCUT2D eigenvalue weighted by atomic mass is 32.2. The number of hydrogen-bond acceptors (Lipinski definition) is 2. The quantitative estimate of drug-likeness (QED) is 0.285. The number of carbonyl (C=O) groups is 1. The van der Waals surface area contributed by atoms with Gasteiger partial charge in [0.15, 0.2) is 0 Å². The zero-order valence-corrected chi connectivity index (χ0v) is 19.0. The highest BCUT2D eigenvalue weighted by Crippen LogP contribution is 2.19. The Labute approximate surface area is 188 Å². The van der Waals surface area contributed by atoms with Gasteiger partial charge in [-0.1, -0.05) is 31.9 Å². The van der Waals surface area contributed by atoms with E-state index in [4.69, 9.17) is 0 Å². The molecule has 6 heteroatoms. The van der Waals surface area contributed by atoms with E-state index in [2.05, 4.69) is 16.8 Å². The van der Waals surface area contributed by atoms with E-state index in [0.717, 1.165) is 41.1 Å². The molecule has 0 radical (unpaired) electrons. The summed E-state index contributed by atoms with van der Waals surface area (Å²) in [5.74, 6) is -0.237. The van der Waals surface area contributed by atoms with E-state index in [0.29, 0.717) is 19.6 Å². The predicted octanol–water partition coefficient (Wildman–Crippen LogP) is 6.62. The Morgan fingerprint density at radius 1 is 1.10 bits per heavy atom. The van der Waals surface area contributed by atoms with Crippen molar-refractivity contribution in [3.8, 4) is 0 Å². The predicted molar refractivity (Wildman–Crippen MR) is 127 cm³/mol. The van der Waals surface area contributed by atoms with E-state index in [1.54, 1.807) is 23.9 Å². The smallest absolute Gasteiger partial charge is 0.322 e. The molecule has 3 rings (SSSR count). The van der Waals surface area contributed by atoms with E-state index >= 15 is 0 Å². The van der Waals surface area contributed by atoms with Crippen LogP contribution in [0.4, 0.5) is 14.9 Å². The zero-order valence-electron chi connectivity index (χ0n) is 18.2. The van der Waals surface area contributed by atoms with Crippen molar-refractivity contribution in [3.05, 3.63) is 83.9 Å². The summed E-state index contributed by atoms with van der Waals surface area (Å²) >= 11 is 1.67. The van der Waals surface area contributed by atoms with Crippen LogP contribution in [0.3, 0.4) is 0 Å². The van der Waals surface area contributed by atoms with Gasteiger partial charge in [0.05, 0.1) is 6.54 Å². The van der Waals surface area contributed by atoms with Crippen molar-refractivity contribution in [2.24, 2.45) is 0 Å². The second-order valence-corrected chi connectivity index (χ2v) is 8.42. The van der Waals surface area contributed by atoms with Gasteiger partial charge in [0.1, 0.15) is 5.82 Å². The van der Waals surface area contributed by atoms with Crippen molar-refractivity contribution in [1.82, 2.24) is 9.47 Å². The van der Waals surface area contributed by atoms with Gasteiger partial charge in [-0.25, -0.2) is 9.18 Å². The molecule has 0 unspecified atom stereocenters. The maximum absolute atomic E-state index is 13.6. The number of anilines is 1. The number of nitrogens with zero attached hydrogens (tertiary/aromatic N) is 2. The molecule has 0 aliphatic rings. The molecule has 3 aromatic rings. The molecule has 1 aromatic heterocycles. The van der Waals surface area contributed by atoms with E-state index in [1.165, 1.54) is 6.07 Å². The van der Waals surface area contributed by atoms with Crippen LogP contribution in [0.1, 0.15) is 37.4 Å². The van der Waals surface area contributed by atoms with Gasteiger partial charge in [-0.3, -0.25) is 0 Å². The third-order valence-corrected chi connectivity index (χ3v) is 5.92. The van der Waals surface area contributed by atoms with Crippen molar-refractivity contribution < 1.29 is 9.18 Å². The highest BCUT2D eigenvalue weighted by Gasteiger charge is 2.16. The van der Waals surface area contributed by atoms with Crippen molar-refractivity contribution in [1.29, 1.82) is 0 Å². The number of aromatic nitrogens is 1. The van der Waals surface area contributed by atoms with E-state index in [1.807, 2.05) is 59.8 Å². The number of rotatable bonds is 10. The normalized spacial score (nSPS) is 10.8. The van der Waals surface area contributed by atoms with Gasteiger partial charge >= 0.3 is 6.03 Å². The van der Waals surface area contributed by atoms with Crippen LogP contribution in [-0.2, 0) is 13.1 Å². The molecule has 0 aliphatic carbocycles. The molecule has 0 saturated carbocycles. The van der Waals surface area contributed by atoms with Gasteiger partial charge in [0.2, 0.25) is 0 Å². The maximum Gasteiger partial charge on any atom is 0.322 e. The van der Waals surface area contributed by atoms with Crippen molar-refractivity contribution in [3.63, 3.8) is 0 Å². The van der Waals surface area contributed by atoms with Gasteiger partial charge in [0.25, 0.3) is 0 Å². The number of benzene rings is 2. The molecule has 4 nitrogen and oxygen atoms in total. The minimum Gasteiger partial charge on any atom is -0.345 e. The second-order valence-electron chi connectivity index (χ2n) is 7.54. The topological polar surface area (TPSA) is 37.3 Å². The van der Waals surface area contributed by atoms with Crippen LogP contribution in [0.2, 0.25) is 0 Å². The van der Waals surface area contributed by atoms with E-state index in [9.17, 15) is 9.18 Å². The van der Waals surface area contributed by atoms with E-state index in [-0.39, 0.29) is 11.8 Å². The number of amides is 2. The molecule has 2 amide bonds. The molecule has 1 heterocycles. The number of hydrogen-bond donors (Lipinski definition) is 1. The Morgan fingerprint density at radius 3 is 2.61 bits per heavy atom. The number of halogens is 1. The molecule has 0 bridgehead atoms. The van der Waals surface area contributed by atoms with Crippen LogP contribution >= 0.6 is 11.8 Å². The summed E-state index contributed by atoms with van der Waals surface area (Å²) in [6, 6.07) is 18.4. The molecule has 2 aromatic carbocycles. The maximum atomic E-state index is 13.6. The van der Waals surface area contributed by atoms with E-state index < -0.39 is 0 Å². The fourth-order valence-corrected chi connectivity index (χ4v) is 3.87. The Bertz CT molecular complexity index is 971. The second kappa shape index (κ2) is 11.6. The summed E-state index contributed by atoms with van der Waals surface area (Å²) in [6.45, 7) is 3.91. The van der Waals surface area contributed by atoms with Crippen LogP contribution in [0.5, 0.6) is 0 Å². The molecule has 0 spiro atoms. The summed E-state index contributed by atoms with van der Waals surface area (Å²) in [4.78, 5) is 16.1. The fraction of sp³-hybridized carbons (Fsp3) is 0.320. The SMILES string of the molecule is CCCCCN(Cc1cccn1Cc1cccc(F)c1)C(=O)Nc1ccc(SC)cc1. The molecule has 31 heavy (non-hydrogen) atoms. The Kier molecular flexibility index (Phi) is 8.59. The molecule has 0 saturated heterocycles. The van der Waals surface area contributed by atoms with Gasteiger partial charge < -0.3 is 14.8 Å². The van der Waals surface area contributed by atoms with Gasteiger partial charge in [-0.2, -0.15) is 0 Å². The number of nitrogens with one attached hydrogen (secondary N) is 1. The Hall–Kier alpha value is -2.73. The van der Waals surface area contributed by atoms with Crippen LogP contribution in [0.25, 0.3) is 0 Å². The van der Waals surface area contributed by atoms with Crippen molar-refractivity contribution in [2.45, 2.75) is 44.2 Å². The van der Waals surface area contributed by atoms with Crippen LogP contribution in [0.15, 0.2) is 71.8 Å². The summed E-state index contributed by atoms with van der Waals surface area (Å²) in [5, 5.41) is 3.03. The van der Waals surface area contributed by atoms with Crippen molar-refractivity contribution in [2.75, 3.05) is 18.1 Å². The lowest BCUT2D eigenvalue weighted by Crippen LogP contribution is -2.36. The van der Waals surface area contributed by atoms with Crippen LogP contribution in [-0.4, -0.2) is 28.3 Å². The minimum absolute atomic E-state index is 0.105. The number of thioether (sulfide) groups is 1. The zero-order chi connectivity index (χ0) is 22.1. The third-order valence-electron chi connectivity index (χ3n) is 5.18. The average Bonchev–Trinajstić information content (AvgIpc) is 3.20. The third kappa shape index (κ3) is 6.89. The molecule has 1 N–H and O–H groups in total. The number of unbranched alkanes of at least 4 members (excludes halogenated alkanes) is 2. The first-order valence-corrected chi connectivity index (χ1v) is 11.9. The van der Waals surface area contributed by atoms with Gasteiger partial charge in [-0.05, 0) is 66.8 Å². The van der Waals surface area contributed by atoms with Gasteiger partial charge in [-0.15, -0.1) is 11.8 Å². The largest absolute Gasteiger partial charge is 0.345 e. The summed E-state index contributed by atoms with van der Waals surface area (Å²) in [6.07, 6.45) is 7.14. The first kappa shape index (κ1) is 22.9. The van der Waals surface area contributed by atoms with Crippen LogP contribution < -0.4 is 5.32 Å². The summed E-state index contributed by atoms with van der Waals surface area (Å²) < 4.78 is 15.6. The lowest BCUT2D eigenvalue weighted by Gasteiger charge is -2.24. The summed E-state index contributed by atoms with van der Waals surface area (Å²) in [7, 11) is 0.